The highest BCUT2D eigenvalue weighted by Gasteiger charge is 2.20. The van der Waals surface area contributed by atoms with Gasteiger partial charge in [0.2, 0.25) is 0 Å². The van der Waals surface area contributed by atoms with Crippen molar-refractivity contribution in [1.29, 1.82) is 0 Å². The summed E-state index contributed by atoms with van der Waals surface area (Å²) in [5, 5.41) is 0. The molecule has 154 valence electrons. The molecule has 0 aliphatic carbocycles. The third-order valence-corrected chi connectivity index (χ3v) is 4.22. The zero-order chi connectivity index (χ0) is 20.8. The minimum Gasteiger partial charge on any atom is -0.0651 e. The molecule has 0 radical (unpaired) electrons. The summed E-state index contributed by atoms with van der Waals surface area (Å²) < 4.78 is 0. The van der Waals surface area contributed by atoms with Crippen LogP contribution >= 0.6 is 0 Å². The number of hydrogen-bond donors (Lipinski definition) is 0. The lowest BCUT2D eigenvalue weighted by molar-refractivity contribution is 0.233. The lowest BCUT2D eigenvalue weighted by atomic mass is 9.78. The molecule has 0 atom stereocenters. The van der Waals surface area contributed by atoms with E-state index in [1.807, 2.05) is 0 Å². The van der Waals surface area contributed by atoms with Crippen molar-refractivity contribution in [3.63, 3.8) is 0 Å². The maximum absolute atomic E-state index is 2.38. The van der Waals surface area contributed by atoms with Crippen LogP contribution in [0.4, 0.5) is 0 Å². The van der Waals surface area contributed by atoms with E-state index in [1.54, 1.807) is 0 Å². The van der Waals surface area contributed by atoms with Crippen molar-refractivity contribution in [3.8, 4) is 0 Å². The van der Waals surface area contributed by atoms with Crippen LogP contribution in [0.25, 0.3) is 0 Å². The summed E-state index contributed by atoms with van der Waals surface area (Å²) in [5.41, 5.74) is 1.99. The molecule has 1 aromatic carbocycles. The van der Waals surface area contributed by atoms with E-state index in [0.717, 1.165) is 23.7 Å². The topological polar surface area (TPSA) is 0 Å². The number of benzene rings is 1. The van der Waals surface area contributed by atoms with Gasteiger partial charge in [0.15, 0.2) is 0 Å². The summed E-state index contributed by atoms with van der Waals surface area (Å²) in [6.07, 6.45) is 5.21. The van der Waals surface area contributed by atoms with Crippen LogP contribution in [0.2, 0.25) is 0 Å². The Balaban J connectivity index is 0. The van der Waals surface area contributed by atoms with Gasteiger partial charge in [-0.3, -0.25) is 0 Å². The molecular formula is C26H50. The van der Waals surface area contributed by atoms with E-state index in [2.05, 4.69) is 106 Å². The molecule has 0 aliphatic rings. The van der Waals surface area contributed by atoms with Crippen molar-refractivity contribution in [2.45, 2.75) is 102 Å². The molecular weight excluding hydrogens is 312 g/mol. The van der Waals surface area contributed by atoms with Crippen molar-refractivity contribution in [2.75, 3.05) is 0 Å². The Kier molecular flexibility index (Phi) is 16.1. The van der Waals surface area contributed by atoms with Gasteiger partial charge in [0.1, 0.15) is 0 Å². The minimum absolute atomic E-state index is 0.544. The third-order valence-electron chi connectivity index (χ3n) is 4.22. The second kappa shape index (κ2) is 15.3. The van der Waals surface area contributed by atoms with E-state index in [1.165, 1.54) is 31.2 Å². The normalized spacial score (nSPS) is 11.3. The molecule has 0 N–H and O–H groups in total. The van der Waals surface area contributed by atoms with Crippen molar-refractivity contribution in [2.24, 2.45) is 29.1 Å². The Morgan fingerprint density at radius 2 is 1.04 bits per heavy atom. The van der Waals surface area contributed by atoms with Crippen LogP contribution in [0.5, 0.6) is 0 Å². The molecule has 0 heteroatoms. The smallest absolute Gasteiger partial charge is 0.0256 e. The standard InChI is InChI=1S/C11H24.C10H14.C5H12/c1-9(2)7-11(5,6)8-10(3)4;1-9(2)8-10-6-4-3-5-7-10;1-4-5(2)3/h9-10H,7-8H2,1-6H3;3-7,9H,8H2,1-2H3;5H,4H2,1-3H3. The Labute approximate surface area is 167 Å². The van der Waals surface area contributed by atoms with Crippen LogP contribution in [0.15, 0.2) is 30.3 Å². The fourth-order valence-corrected chi connectivity index (χ4v) is 3.38. The first-order chi connectivity index (χ1) is 11.9. The summed E-state index contributed by atoms with van der Waals surface area (Å²) in [7, 11) is 0. The minimum atomic E-state index is 0.544. The van der Waals surface area contributed by atoms with Crippen LogP contribution in [0.3, 0.4) is 0 Å². The first-order valence-electron chi connectivity index (χ1n) is 10.9. The Hall–Kier alpha value is -0.780. The molecule has 0 bridgehead atoms. The summed E-state index contributed by atoms with van der Waals surface area (Å²) in [6, 6.07) is 10.6. The monoisotopic (exact) mass is 362 g/mol. The molecule has 0 spiro atoms. The van der Waals surface area contributed by atoms with Gasteiger partial charge in [-0.25, -0.2) is 0 Å². The molecule has 0 amide bonds. The van der Waals surface area contributed by atoms with Gasteiger partial charge in [-0.15, -0.1) is 0 Å². The zero-order valence-electron chi connectivity index (χ0n) is 20.0. The predicted molar refractivity (Wildman–Crippen MR) is 123 cm³/mol. The first-order valence-corrected chi connectivity index (χ1v) is 10.9. The van der Waals surface area contributed by atoms with Crippen LogP contribution in [0, 0.1) is 29.1 Å². The van der Waals surface area contributed by atoms with Crippen molar-refractivity contribution in [1.82, 2.24) is 0 Å². The number of rotatable bonds is 7. The van der Waals surface area contributed by atoms with Gasteiger partial charge in [-0.2, -0.15) is 0 Å². The van der Waals surface area contributed by atoms with Gasteiger partial charge in [0.25, 0.3) is 0 Å². The lowest BCUT2D eigenvalue weighted by Crippen LogP contribution is -2.16. The van der Waals surface area contributed by atoms with Crippen LogP contribution < -0.4 is 0 Å². The van der Waals surface area contributed by atoms with Gasteiger partial charge in [-0.1, -0.05) is 113 Å². The van der Waals surface area contributed by atoms with Gasteiger partial charge < -0.3 is 0 Å². The van der Waals surface area contributed by atoms with Gasteiger partial charge in [0, 0.05) is 0 Å². The van der Waals surface area contributed by atoms with E-state index in [9.17, 15) is 0 Å². The fraction of sp³-hybridized carbons (Fsp3) is 0.769. The molecule has 1 aromatic rings. The SMILES string of the molecule is CC(C)CC(C)(C)CC(C)C.CC(C)Cc1ccccc1.CCC(C)C. The zero-order valence-corrected chi connectivity index (χ0v) is 20.0. The highest BCUT2D eigenvalue weighted by molar-refractivity contribution is 5.14. The average Bonchev–Trinajstić information content (AvgIpc) is 2.46. The first kappa shape index (κ1) is 27.4. The molecule has 0 aromatic heterocycles. The summed E-state index contributed by atoms with van der Waals surface area (Å²) >= 11 is 0. The number of hydrogen-bond acceptors (Lipinski definition) is 0. The maximum Gasteiger partial charge on any atom is -0.0256 e. The quantitative estimate of drug-likeness (QED) is 0.453. The van der Waals surface area contributed by atoms with Gasteiger partial charge >= 0.3 is 0 Å². The molecule has 0 saturated carbocycles. The van der Waals surface area contributed by atoms with Crippen LogP contribution in [-0.4, -0.2) is 0 Å². The van der Waals surface area contributed by atoms with Crippen LogP contribution in [-0.2, 0) is 6.42 Å². The van der Waals surface area contributed by atoms with Crippen molar-refractivity contribution in [3.05, 3.63) is 35.9 Å². The molecule has 0 saturated heterocycles. The van der Waals surface area contributed by atoms with E-state index < -0.39 is 0 Å². The average molecular weight is 363 g/mol. The Morgan fingerprint density at radius 3 is 1.31 bits per heavy atom. The largest absolute Gasteiger partial charge is 0.0651 e. The van der Waals surface area contributed by atoms with E-state index in [4.69, 9.17) is 0 Å². The highest BCUT2D eigenvalue weighted by atomic mass is 14.3. The predicted octanol–water partition coefficient (Wildman–Crippen LogP) is 9.04. The summed E-state index contributed by atoms with van der Waals surface area (Å²) in [4.78, 5) is 0. The molecule has 0 heterocycles. The van der Waals surface area contributed by atoms with Gasteiger partial charge in [0.05, 0.1) is 0 Å². The molecule has 1 rings (SSSR count). The molecule has 0 fully saturated rings. The molecule has 0 aliphatic heterocycles. The fourth-order valence-electron chi connectivity index (χ4n) is 3.38. The summed E-state index contributed by atoms with van der Waals surface area (Å²) in [6.45, 7) is 25.1. The molecule has 26 heavy (non-hydrogen) atoms. The highest BCUT2D eigenvalue weighted by Crippen LogP contribution is 2.32. The lowest BCUT2D eigenvalue weighted by Gasteiger charge is -2.28. The van der Waals surface area contributed by atoms with Crippen molar-refractivity contribution >= 4 is 0 Å². The summed E-state index contributed by atoms with van der Waals surface area (Å²) in [5.74, 6) is 3.32. The maximum atomic E-state index is 2.38. The molecule has 0 unspecified atom stereocenters. The van der Waals surface area contributed by atoms with E-state index >= 15 is 0 Å². The Bertz CT molecular complexity index is 383. The van der Waals surface area contributed by atoms with E-state index in [-0.39, 0.29) is 0 Å². The Morgan fingerprint density at radius 1 is 0.654 bits per heavy atom. The van der Waals surface area contributed by atoms with Gasteiger partial charge in [-0.05, 0) is 53.9 Å². The third kappa shape index (κ3) is 21.3. The van der Waals surface area contributed by atoms with Crippen molar-refractivity contribution < 1.29 is 0 Å². The molecule has 0 nitrogen and oxygen atoms in total. The second-order valence-corrected chi connectivity index (χ2v) is 10.2. The van der Waals surface area contributed by atoms with E-state index in [0.29, 0.717) is 5.41 Å². The van der Waals surface area contributed by atoms with Crippen LogP contribution in [0.1, 0.15) is 101 Å². The second-order valence-electron chi connectivity index (χ2n) is 10.2.